The normalized spacial score (nSPS) is 13.9. The molecule has 0 amide bonds. The first-order chi connectivity index (χ1) is 8.75. The van der Waals surface area contributed by atoms with Gasteiger partial charge in [0.25, 0.3) is 0 Å². The molecule has 0 saturated heterocycles. The molecule has 1 unspecified atom stereocenters. The molecule has 0 aliphatic carbocycles. The Hall–Kier alpha value is -0.550. The Morgan fingerprint density at radius 1 is 1.21 bits per heavy atom. The largest absolute Gasteiger partial charge is 0.416 e. The van der Waals surface area contributed by atoms with Gasteiger partial charge in [-0.3, -0.25) is 0 Å². The topological polar surface area (TPSA) is 12.0 Å². The average molecular weight is 338 g/mol. The smallest absolute Gasteiger partial charge is 0.313 e. The van der Waals surface area contributed by atoms with Gasteiger partial charge in [-0.2, -0.15) is 13.2 Å². The van der Waals surface area contributed by atoms with E-state index in [4.69, 9.17) is 0 Å². The van der Waals surface area contributed by atoms with Crippen LogP contribution in [0.1, 0.15) is 43.9 Å². The Bertz CT molecular complexity index is 416. The third kappa shape index (κ3) is 4.80. The summed E-state index contributed by atoms with van der Waals surface area (Å²) in [6, 6.07) is 4.08. The summed E-state index contributed by atoms with van der Waals surface area (Å²) in [5.41, 5.74) is -0.246. The minimum atomic E-state index is -4.33. The number of alkyl halides is 3. The van der Waals surface area contributed by atoms with Gasteiger partial charge in [0.1, 0.15) is 0 Å². The lowest BCUT2D eigenvalue weighted by atomic mass is 9.94. The van der Waals surface area contributed by atoms with Crippen molar-refractivity contribution in [2.75, 3.05) is 7.05 Å². The zero-order valence-electron chi connectivity index (χ0n) is 11.3. The number of rotatable bonds is 5. The Morgan fingerprint density at radius 2 is 1.84 bits per heavy atom. The van der Waals surface area contributed by atoms with Crippen LogP contribution in [0.25, 0.3) is 0 Å². The maximum Gasteiger partial charge on any atom is 0.416 e. The molecule has 1 aromatic rings. The molecule has 0 aromatic heterocycles. The molecule has 0 aliphatic heterocycles. The Morgan fingerprint density at radius 3 is 2.32 bits per heavy atom. The van der Waals surface area contributed by atoms with Crippen molar-refractivity contribution < 1.29 is 13.2 Å². The molecule has 5 heteroatoms. The predicted molar refractivity (Wildman–Crippen MR) is 75.0 cm³/mol. The van der Waals surface area contributed by atoms with E-state index in [-0.39, 0.29) is 6.04 Å². The van der Waals surface area contributed by atoms with E-state index in [2.05, 4.69) is 35.1 Å². The van der Waals surface area contributed by atoms with Gasteiger partial charge >= 0.3 is 6.18 Å². The van der Waals surface area contributed by atoms with Gasteiger partial charge in [0.2, 0.25) is 0 Å². The molecule has 0 heterocycles. The molecule has 0 radical (unpaired) electrons. The van der Waals surface area contributed by atoms with Crippen molar-refractivity contribution in [3.8, 4) is 0 Å². The van der Waals surface area contributed by atoms with Crippen LogP contribution in [0.15, 0.2) is 22.7 Å². The van der Waals surface area contributed by atoms with Crippen LogP contribution < -0.4 is 5.32 Å². The highest BCUT2D eigenvalue weighted by Gasteiger charge is 2.35. The van der Waals surface area contributed by atoms with Crippen LogP contribution in [-0.4, -0.2) is 7.05 Å². The molecule has 108 valence electrons. The number of hydrogen-bond donors (Lipinski definition) is 1. The summed E-state index contributed by atoms with van der Waals surface area (Å²) in [7, 11) is 1.70. The second kappa shape index (κ2) is 6.75. The van der Waals surface area contributed by atoms with Crippen molar-refractivity contribution in [2.45, 2.75) is 38.9 Å². The SMILES string of the molecule is CNC(CCC(C)C)c1ccc(Br)cc1C(F)(F)F. The zero-order chi connectivity index (χ0) is 14.6. The quantitative estimate of drug-likeness (QED) is 0.781. The van der Waals surface area contributed by atoms with E-state index in [0.717, 1.165) is 12.5 Å². The summed E-state index contributed by atoms with van der Waals surface area (Å²) in [5.74, 6) is 0.473. The number of halogens is 4. The minimum absolute atomic E-state index is 0.271. The number of nitrogens with one attached hydrogen (secondary N) is 1. The highest BCUT2D eigenvalue weighted by Crippen LogP contribution is 2.37. The second-order valence-electron chi connectivity index (χ2n) is 5.04. The van der Waals surface area contributed by atoms with Gasteiger partial charge in [-0.25, -0.2) is 0 Å². The van der Waals surface area contributed by atoms with Gasteiger partial charge in [0.05, 0.1) is 5.56 Å². The van der Waals surface area contributed by atoms with Crippen molar-refractivity contribution in [1.82, 2.24) is 5.32 Å². The first-order valence-corrected chi connectivity index (χ1v) is 7.09. The van der Waals surface area contributed by atoms with Crippen LogP contribution in [-0.2, 0) is 6.18 Å². The molecule has 1 nitrogen and oxygen atoms in total. The molecular formula is C14H19BrF3N. The van der Waals surface area contributed by atoms with Gasteiger partial charge in [0, 0.05) is 10.5 Å². The predicted octanol–water partition coefficient (Wildman–Crippen LogP) is 5.16. The zero-order valence-corrected chi connectivity index (χ0v) is 12.9. The van der Waals surface area contributed by atoms with Crippen molar-refractivity contribution >= 4 is 15.9 Å². The van der Waals surface area contributed by atoms with Crippen LogP contribution in [0.5, 0.6) is 0 Å². The maximum atomic E-state index is 13.1. The van der Waals surface area contributed by atoms with Gasteiger partial charge < -0.3 is 5.32 Å². The van der Waals surface area contributed by atoms with Crippen molar-refractivity contribution in [3.05, 3.63) is 33.8 Å². The fourth-order valence-electron chi connectivity index (χ4n) is 2.03. The molecule has 0 spiro atoms. The van der Waals surface area contributed by atoms with E-state index in [1.165, 1.54) is 0 Å². The van der Waals surface area contributed by atoms with Crippen LogP contribution in [0.2, 0.25) is 0 Å². The molecule has 19 heavy (non-hydrogen) atoms. The first kappa shape index (κ1) is 16.5. The molecule has 0 fully saturated rings. The van der Waals surface area contributed by atoms with Crippen molar-refractivity contribution in [1.29, 1.82) is 0 Å². The molecular weight excluding hydrogens is 319 g/mol. The average Bonchev–Trinajstić information content (AvgIpc) is 2.29. The van der Waals surface area contributed by atoms with Gasteiger partial charge in [-0.15, -0.1) is 0 Å². The molecule has 1 rings (SSSR count). The lowest BCUT2D eigenvalue weighted by Crippen LogP contribution is -2.21. The third-order valence-corrected chi connectivity index (χ3v) is 3.57. The number of benzene rings is 1. The fourth-order valence-corrected chi connectivity index (χ4v) is 2.39. The van der Waals surface area contributed by atoms with Crippen LogP contribution >= 0.6 is 15.9 Å². The van der Waals surface area contributed by atoms with E-state index in [1.807, 2.05) is 0 Å². The van der Waals surface area contributed by atoms with Crippen molar-refractivity contribution in [2.24, 2.45) is 5.92 Å². The maximum absolute atomic E-state index is 13.1. The Kier molecular flexibility index (Phi) is 5.86. The van der Waals surface area contributed by atoms with Crippen LogP contribution in [0.3, 0.4) is 0 Å². The van der Waals surface area contributed by atoms with Crippen LogP contribution in [0, 0.1) is 5.92 Å². The van der Waals surface area contributed by atoms with Crippen molar-refractivity contribution in [3.63, 3.8) is 0 Å². The van der Waals surface area contributed by atoms with E-state index < -0.39 is 11.7 Å². The molecule has 1 N–H and O–H groups in total. The summed E-state index contributed by atoms with van der Waals surface area (Å²) in [6.45, 7) is 4.14. The molecule has 0 bridgehead atoms. The molecule has 0 aliphatic rings. The summed E-state index contributed by atoms with van der Waals surface area (Å²) in [4.78, 5) is 0. The lowest BCUT2D eigenvalue weighted by molar-refractivity contribution is -0.138. The molecule has 0 saturated carbocycles. The number of hydrogen-bond acceptors (Lipinski definition) is 1. The summed E-state index contributed by atoms with van der Waals surface area (Å²) in [5, 5.41) is 2.99. The fraction of sp³-hybridized carbons (Fsp3) is 0.571. The lowest BCUT2D eigenvalue weighted by Gasteiger charge is -2.22. The summed E-state index contributed by atoms with van der Waals surface area (Å²) >= 11 is 3.10. The summed E-state index contributed by atoms with van der Waals surface area (Å²) in [6.07, 6.45) is -2.75. The Balaban J connectivity index is 3.09. The Labute approximate surface area is 120 Å². The first-order valence-electron chi connectivity index (χ1n) is 6.29. The van der Waals surface area contributed by atoms with E-state index in [9.17, 15) is 13.2 Å². The van der Waals surface area contributed by atoms with Gasteiger partial charge in [0.15, 0.2) is 0 Å². The second-order valence-corrected chi connectivity index (χ2v) is 5.96. The van der Waals surface area contributed by atoms with E-state index in [1.54, 1.807) is 19.2 Å². The van der Waals surface area contributed by atoms with Crippen LogP contribution in [0.4, 0.5) is 13.2 Å². The van der Waals surface area contributed by atoms with Gasteiger partial charge in [-0.05, 0) is 43.5 Å². The molecule has 1 atom stereocenters. The van der Waals surface area contributed by atoms with E-state index >= 15 is 0 Å². The monoisotopic (exact) mass is 337 g/mol. The highest BCUT2D eigenvalue weighted by molar-refractivity contribution is 9.10. The van der Waals surface area contributed by atoms with Gasteiger partial charge in [-0.1, -0.05) is 35.8 Å². The van der Waals surface area contributed by atoms with E-state index in [0.29, 0.717) is 22.4 Å². The summed E-state index contributed by atoms with van der Waals surface area (Å²) < 4.78 is 39.7. The third-order valence-electron chi connectivity index (χ3n) is 3.08. The minimum Gasteiger partial charge on any atom is -0.313 e. The standard InChI is InChI=1S/C14H19BrF3N/c1-9(2)4-7-13(19-3)11-6-5-10(15)8-12(11)14(16,17)18/h5-6,8-9,13,19H,4,7H2,1-3H3. The molecule has 1 aromatic carbocycles. The highest BCUT2D eigenvalue weighted by atomic mass is 79.9.